The highest BCUT2D eigenvalue weighted by molar-refractivity contribution is 7.10. The molecule has 0 aliphatic carbocycles. The van der Waals surface area contributed by atoms with Gasteiger partial charge in [0.1, 0.15) is 11.8 Å². The van der Waals surface area contributed by atoms with E-state index in [9.17, 15) is 4.79 Å². The normalized spacial score (nSPS) is 17.4. The van der Waals surface area contributed by atoms with Crippen LogP contribution in [-0.4, -0.2) is 45.2 Å². The van der Waals surface area contributed by atoms with Gasteiger partial charge in [-0.1, -0.05) is 32.0 Å². The van der Waals surface area contributed by atoms with Crippen molar-refractivity contribution >= 4 is 22.9 Å². The van der Waals surface area contributed by atoms with E-state index >= 15 is 0 Å². The number of para-hydroxylation sites is 2. The number of hydrogen-bond donors (Lipinski definition) is 2. The number of methoxy groups -OCH3 is 1. The lowest BCUT2D eigenvalue weighted by atomic mass is 10.0. The number of carbonyl (C=O) groups is 1. The van der Waals surface area contributed by atoms with E-state index in [1.807, 2.05) is 26.0 Å². The third-order valence-electron chi connectivity index (χ3n) is 5.52. The van der Waals surface area contributed by atoms with Crippen molar-refractivity contribution in [3.05, 3.63) is 46.7 Å². The minimum atomic E-state index is 0.00354. The molecule has 1 fully saturated rings. The first kappa shape index (κ1) is 20.7. The van der Waals surface area contributed by atoms with Gasteiger partial charge in [-0.2, -0.15) is 0 Å². The van der Waals surface area contributed by atoms with Crippen LogP contribution in [-0.2, 0) is 4.79 Å². The molecule has 1 aromatic carbocycles. The van der Waals surface area contributed by atoms with Gasteiger partial charge in [-0.25, -0.2) is 0 Å². The topological polar surface area (TPSA) is 46.0 Å². The van der Waals surface area contributed by atoms with Crippen molar-refractivity contribution in [1.29, 1.82) is 0 Å². The lowest BCUT2D eigenvalue weighted by molar-refractivity contribution is -0.933. The number of rotatable bonds is 7. The summed E-state index contributed by atoms with van der Waals surface area (Å²) in [4.78, 5) is 17.6. The number of ether oxygens (including phenoxy) is 1. The molecule has 1 aliphatic heterocycles. The molecule has 1 amide bonds. The number of anilines is 1. The Morgan fingerprint density at radius 3 is 2.46 bits per heavy atom. The summed E-state index contributed by atoms with van der Waals surface area (Å²) in [6, 6.07) is 12.9. The molecule has 1 aliphatic rings. The first-order chi connectivity index (χ1) is 13.5. The molecule has 0 bridgehead atoms. The van der Waals surface area contributed by atoms with Gasteiger partial charge in [0.2, 0.25) is 5.91 Å². The van der Waals surface area contributed by atoms with Crippen molar-refractivity contribution < 1.29 is 14.4 Å². The predicted octanol–water partition coefficient (Wildman–Crippen LogP) is 2.36. The van der Waals surface area contributed by atoms with Gasteiger partial charge in [0, 0.05) is 5.92 Å². The third-order valence-corrected chi connectivity index (χ3v) is 6.47. The monoisotopic (exact) mass is 402 g/mol. The highest BCUT2D eigenvalue weighted by atomic mass is 32.1. The summed E-state index contributed by atoms with van der Waals surface area (Å²) in [5, 5.41) is 5.37. The molecule has 5 nitrogen and oxygen atoms in total. The molecule has 1 saturated heterocycles. The fraction of sp³-hybridized carbons (Fsp3) is 0.500. The second-order valence-electron chi connectivity index (χ2n) is 7.76. The molecule has 0 radical (unpaired) electrons. The zero-order valence-electron chi connectivity index (χ0n) is 17.3. The van der Waals surface area contributed by atoms with Gasteiger partial charge in [0.05, 0.1) is 49.9 Å². The number of benzene rings is 1. The van der Waals surface area contributed by atoms with Crippen molar-refractivity contribution in [2.45, 2.75) is 32.9 Å². The molecule has 2 atom stereocenters. The van der Waals surface area contributed by atoms with Crippen LogP contribution in [0.25, 0.3) is 0 Å². The maximum absolute atomic E-state index is 12.3. The number of amides is 1. The molecule has 2 aromatic rings. The van der Waals surface area contributed by atoms with Crippen LogP contribution in [0.3, 0.4) is 0 Å². The maximum Gasteiger partial charge on any atom is 0.222 e. The largest absolute Gasteiger partial charge is 0.495 e. The number of carbonyl (C=O) groups excluding carboxylic acids is 1. The first-order valence-electron chi connectivity index (χ1n) is 10.1. The lowest BCUT2D eigenvalue weighted by Crippen LogP contribution is -3.16. The van der Waals surface area contributed by atoms with Crippen molar-refractivity contribution in [2.24, 2.45) is 5.92 Å². The summed E-state index contributed by atoms with van der Waals surface area (Å²) in [6.07, 6.45) is 0. The molecular formula is C22H32N3O2S+. The summed E-state index contributed by atoms with van der Waals surface area (Å²) in [5.74, 6) is 1.06. The number of piperazine rings is 1. The van der Waals surface area contributed by atoms with Gasteiger partial charge in [-0.15, -0.1) is 11.3 Å². The van der Waals surface area contributed by atoms with E-state index in [1.165, 1.54) is 9.78 Å². The lowest BCUT2D eigenvalue weighted by Gasteiger charge is -2.39. The first-order valence-corrected chi connectivity index (χ1v) is 11.0. The Labute approximate surface area is 172 Å². The van der Waals surface area contributed by atoms with Crippen LogP contribution in [0, 0.1) is 5.92 Å². The van der Waals surface area contributed by atoms with Gasteiger partial charge in [-0.3, -0.25) is 4.79 Å². The van der Waals surface area contributed by atoms with Crippen molar-refractivity contribution in [3.63, 3.8) is 0 Å². The highest BCUT2D eigenvalue weighted by Crippen LogP contribution is 2.28. The molecule has 2 heterocycles. The summed E-state index contributed by atoms with van der Waals surface area (Å²) in [6.45, 7) is 10.0. The number of hydrogen-bond acceptors (Lipinski definition) is 4. The second-order valence-corrected chi connectivity index (χ2v) is 8.74. The van der Waals surface area contributed by atoms with E-state index in [4.69, 9.17) is 4.74 Å². The second kappa shape index (κ2) is 9.43. The zero-order chi connectivity index (χ0) is 20.1. The third kappa shape index (κ3) is 4.67. The molecule has 0 saturated carbocycles. The Hall–Kier alpha value is -2.05. The van der Waals surface area contributed by atoms with Crippen LogP contribution in [0.15, 0.2) is 41.8 Å². The summed E-state index contributed by atoms with van der Waals surface area (Å²) < 4.78 is 5.54. The summed E-state index contributed by atoms with van der Waals surface area (Å²) in [5.41, 5.74) is 1.16. The number of quaternary nitrogens is 1. The Morgan fingerprint density at radius 1 is 1.14 bits per heavy atom. The molecule has 0 unspecified atom stereocenters. The Balaban J connectivity index is 1.72. The Bertz CT molecular complexity index is 755. The molecule has 152 valence electrons. The van der Waals surface area contributed by atoms with E-state index in [-0.39, 0.29) is 23.9 Å². The van der Waals surface area contributed by atoms with Crippen LogP contribution in [0.5, 0.6) is 5.75 Å². The van der Waals surface area contributed by atoms with E-state index in [0.29, 0.717) is 0 Å². The van der Waals surface area contributed by atoms with E-state index in [2.05, 4.69) is 46.8 Å². The number of nitrogens with one attached hydrogen (secondary N) is 2. The van der Waals surface area contributed by atoms with E-state index in [0.717, 1.165) is 37.6 Å². The summed E-state index contributed by atoms with van der Waals surface area (Å²) >= 11 is 1.79. The van der Waals surface area contributed by atoms with Crippen molar-refractivity contribution in [2.75, 3.05) is 38.2 Å². The minimum Gasteiger partial charge on any atom is -0.495 e. The minimum absolute atomic E-state index is 0.00354. The average molecular weight is 403 g/mol. The molecular weight excluding hydrogens is 370 g/mol. The van der Waals surface area contributed by atoms with Crippen LogP contribution in [0.2, 0.25) is 0 Å². The van der Waals surface area contributed by atoms with E-state index in [1.54, 1.807) is 18.4 Å². The van der Waals surface area contributed by atoms with E-state index < -0.39 is 0 Å². The molecule has 3 rings (SSSR count). The molecule has 28 heavy (non-hydrogen) atoms. The summed E-state index contributed by atoms with van der Waals surface area (Å²) in [7, 11) is 1.73. The van der Waals surface area contributed by atoms with Crippen molar-refractivity contribution in [3.8, 4) is 5.75 Å². The molecule has 1 aromatic heterocycles. The molecule has 6 heteroatoms. The van der Waals surface area contributed by atoms with Crippen molar-refractivity contribution in [1.82, 2.24) is 5.32 Å². The average Bonchev–Trinajstić information content (AvgIpc) is 3.22. The number of thiophene rings is 1. The van der Waals surface area contributed by atoms with Crippen LogP contribution >= 0.6 is 11.3 Å². The molecule has 0 spiro atoms. The fourth-order valence-electron chi connectivity index (χ4n) is 3.98. The Morgan fingerprint density at radius 2 is 1.86 bits per heavy atom. The predicted molar refractivity (Wildman–Crippen MR) is 115 cm³/mol. The highest BCUT2D eigenvalue weighted by Gasteiger charge is 2.35. The van der Waals surface area contributed by atoms with Crippen LogP contribution < -0.4 is 19.9 Å². The van der Waals surface area contributed by atoms with Gasteiger partial charge in [0.25, 0.3) is 0 Å². The zero-order valence-corrected chi connectivity index (χ0v) is 18.1. The van der Waals surface area contributed by atoms with Gasteiger partial charge < -0.3 is 19.9 Å². The van der Waals surface area contributed by atoms with Gasteiger partial charge in [-0.05, 0) is 30.5 Å². The number of nitrogens with zero attached hydrogens (tertiary/aromatic N) is 1. The molecule has 2 N–H and O–H groups in total. The van der Waals surface area contributed by atoms with Crippen LogP contribution in [0.1, 0.15) is 31.7 Å². The van der Waals surface area contributed by atoms with Gasteiger partial charge in [0.15, 0.2) is 0 Å². The fourth-order valence-corrected chi connectivity index (χ4v) is 4.97. The van der Waals surface area contributed by atoms with Crippen LogP contribution in [0.4, 0.5) is 5.69 Å². The maximum atomic E-state index is 12.3. The van der Waals surface area contributed by atoms with Gasteiger partial charge >= 0.3 is 0 Å². The SMILES string of the molecule is COc1ccccc1N1CC[NH+]([C@H](c2cccs2)[C@H](C)NC(=O)C(C)C)CC1. The standard InChI is InChI=1S/C22H31N3O2S/c1-16(2)22(26)23-17(3)21(20-10-7-15-28-20)25-13-11-24(12-14-25)18-8-5-6-9-19(18)27-4/h5-10,15-17,21H,11-14H2,1-4H3,(H,23,26)/p+1/t17-,21-/m0/s1. The smallest absolute Gasteiger partial charge is 0.222 e. The Kier molecular flexibility index (Phi) is 6.97. The quantitative estimate of drug-likeness (QED) is 0.747.